The van der Waals surface area contributed by atoms with E-state index in [-0.39, 0.29) is 6.10 Å². The molecule has 0 aromatic carbocycles. The fraction of sp³-hybridized carbons (Fsp3) is 0.786. The predicted octanol–water partition coefficient (Wildman–Crippen LogP) is 1.13. The molecule has 2 aliphatic rings. The van der Waals surface area contributed by atoms with Crippen molar-refractivity contribution in [2.24, 2.45) is 0 Å². The van der Waals surface area contributed by atoms with Gasteiger partial charge in [0.05, 0.1) is 6.10 Å². The fourth-order valence-electron chi connectivity index (χ4n) is 2.94. The number of rotatable bonds is 4. The summed E-state index contributed by atoms with van der Waals surface area (Å²) in [5, 5.41) is 3.05. The van der Waals surface area contributed by atoms with E-state index in [1.54, 1.807) is 7.11 Å². The molecule has 1 N–H and O–H groups in total. The lowest BCUT2D eigenvalue weighted by Gasteiger charge is -2.27. The van der Waals surface area contributed by atoms with Crippen molar-refractivity contribution in [3.8, 4) is 0 Å². The van der Waals surface area contributed by atoms with Gasteiger partial charge in [-0.25, -0.2) is 0 Å². The van der Waals surface area contributed by atoms with Crippen LogP contribution in [0.5, 0.6) is 0 Å². The molecule has 2 saturated heterocycles. The highest BCUT2D eigenvalue weighted by molar-refractivity contribution is 5.45. The van der Waals surface area contributed by atoms with Gasteiger partial charge in [0.15, 0.2) is 0 Å². The number of anilines is 3. The number of hydrogen-bond acceptors (Lipinski definition) is 7. The highest BCUT2D eigenvalue weighted by Crippen LogP contribution is 2.23. The first kappa shape index (κ1) is 14.3. The largest absolute Gasteiger partial charge is 0.380 e. The van der Waals surface area contributed by atoms with Crippen molar-refractivity contribution in [2.75, 3.05) is 55.5 Å². The number of ether oxygens (including phenoxy) is 1. The topological polar surface area (TPSA) is 66.4 Å². The number of nitrogens with zero attached hydrogens (tertiary/aromatic N) is 5. The van der Waals surface area contributed by atoms with Crippen LogP contribution in [0.1, 0.15) is 25.7 Å². The molecule has 21 heavy (non-hydrogen) atoms. The zero-order valence-corrected chi connectivity index (χ0v) is 12.9. The Morgan fingerprint density at radius 1 is 1.00 bits per heavy atom. The third kappa shape index (κ3) is 3.18. The molecule has 1 unspecified atom stereocenters. The molecule has 1 aromatic heterocycles. The molecule has 0 amide bonds. The first-order chi connectivity index (χ1) is 10.3. The minimum atomic E-state index is 0.276. The molecule has 0 aliphatic carbocycles. The average Bonchev–Trinajstić information content (AvgIpc) is 3.04. The summed E-state index contributed by atoms with van der Waals surface area (Å²) in [5.74, 6) is 2.20. The summed E-state index contributed by atoms with van der Waals surface area (Å²) in [7, 11) is 3.61. The summed E-state index contributed by atoms with van der Waals surface area (Å²) in [5.41, 5.74) is 0. The maximum atomic E-state index is 5.43. The van der Waals surface area contributed by atoms with E-state index in [1.807, 2.05) is 7.05 Å². The Balaban J connectivity index is 1.82. The van der Waals surface area contributed by atoms with Crippen LogP contribution in [0.25, 0.3) is 0 Å². The number of hydrogen-bond donors (Lipinski definition) is 1. The van der Waals surface area contributed by atoms with Crippen LogP contribution in [-0.4, -0.2) is 61.4 Å². The Labute approximate surface area is 125 Å². The van der Waals surface area contributed by atoms with E-state index >= 15 is 0 Å². The van der Waals surface area contributed by atoms with Crippen LogP contribution >= 0.6 is 0 Å². The molecule has 0 bridgehead atoms. The second kappa shape index (κ2) is 6.43. The minimum absolute atomic E-state index is 0.276. The van der Waals surface area contributed by atoms with Crippen molar-refractivity contribution in [1.82, 2.24) is 15.0 Å². The third-order valence-corrected chi connectivity index (χ3v) is 4.24. The Morgan fingerprint density at radius 2 is 1.71 bits per heavy atom. The van der Waals surface area contributed by atoms with Crippen LogP contribution in [0.4, 0.5) is 17.8 Å². The maximum absolute atomic E-state index is 5.43. The minimum Gasteiger partial charge on any atom is -0.380 e. The van der Waals surface area contributed by atoms with Crippen LogP contribution in [-0.2, 0) is 4.74 Å². The molecular formula is C14H24N6O. The Bertz CT molecular complexity index is 477. The highest BCUT2D eigenvalue weighted by Gasteiger charge is 2.26. The second-order valence-electron chi connectivity index (χ2n) is 5.65. The van der Waals surface area contributed by atoms with Gasteiger partial charge in [-0.2, -0.15) is 15.0 Å². The molecule has 3 heterocycles. The molecule has 1 aromatic rings. The van der Waals surface area contributed by atoms with Gasteiger partial charge in [0.1, 0.15) is 0 Å². The monoisotopic (exact) mass is 292 g/mol. The van der Waals surface area contributed by atoms with Crippen LogP contribution in [0, 0.1) is 0 Å². The number of methoxy groups -OCH3 is 1. The lowest BCUT2D eigenvalue weighted by Crippen LogP contribution is -2.32. The molecular weight excluding hydrogens is 268 g/mol. The van der Waals surface area contributed by atoms with Crippen molar-refractivity contribution in [3.05, 3.63) is 0 Å². The lowest BCUT2D eigenvalue weighted by molar-refractivity contribution is 0.121. The quantitative estimate of drug-likeness (QED) is 0.892. The van der Waals surface area contributed by atoms with E-state index in [2.05, 4.69) is 30.1 Å². The molecule has 2 aliphatic heterocycles. The molecule has 7 heteroatoms. The second-order valence-corrected chi connectivity index (χ2v) is 5.65. The van der Waals surface area contributed by atoms with Crippen LogP contribution in [0.3, 0.4) is 0 Å². The van der Waals surface area contributed by atoms with Gasteiger partial charge in [-0.1, -0.05) is 0 Å². The van der Waals surface area contributed by atoms with Crippen molar-refractivity contribution < 1.29 is 4.74 Å². The molecule has 0 radical (unpaired) electrons. The number of nitrogens with one attached hydrogen (secondary N) is 1. The van der Waals surface area contributed by atoms with Gasteiger partial charge < -0.3 is 19.9 Å². The van der Waals surface area contributed by atoms with E-state index in [0.29, 0.717) is 5.95 Å². The summed E-state index contributed by atoms with van der Waals surface area (Å²) in [6.07, 6.45) is 5.03. The predicted molar refractivity (Wildman–Crippen MR) is 83.1 cm³/mol. The molecule has 116 valence electrons. The zero-order chi connectivity index (χ0) is 14.7. The Hall–Kier alpha value is -1.63. The third-order valence-electron chi connectivity index (χ3n) is 4.24. The molecule has 0 spiro atoms. The highest BCUT2D eigenvalue weighted by atomic mass is 16.5. The Morgan fingerprint density at radius 3 is 2.33 bits per heavy atom. The van der Waals surface area contributed by atoms with E-state index in [9.17, 15) is 0 Å². The summed E-state index contributed by atoms with van der Waals surface area (Å²) in [6, 6.07) is 0. The lowest BCUT2D eigenvalue weighted by atomic mass is 10.1. The summed E-state index contributed by atoms with van der Waals surface area (Å²) in [4.78, 5) is 18.2. The van der Waals surface area contributed by atoms with Crippen LogP contribution in [0.2, 0.25) is 0 Å². The summed E-state index contributed by atoms with van der Waals surface area (Å²) < 4.78 is 5.43. The van der Waals surface area contributed by atoms with Gasteiger partial charge in [-0.3, -0.25) is 0 Å². The van der Waals surface area contributed by atoms with Crippen LogP contribution < -0.4 is 15.1 Å². The Kier molecular flexibility index (Phi) is 4.38. The van der Waals surface area contributed by atoms with Crippen molar-refractivity contribution >= 4 is 17.8 Å². The molecule has 3 rings (SSSR count). The molecule has 1 atom stereocenters. The van der Waals surface area contributed by atoms with E-state index in [1.165, 1.54) is 19.3 Å². The zero-order valence-electron chi connectivity index (χ0n) is 12.9. The van der Waals surface area contributed by atoms with Gasteiger partial charge >= 0.3 is 0 Å². The van der Waals surface area contributed by atoms with Gasteiger partial charge in [0.2, 0.25) is 17.8 Å². The van der Waals surface area contributed by atoms with Gasteiger partial charge in [-0.05, 0) is 25.7 Å². The molecule has 0 saturated carbocycles. The summed E-state index contributed by atoms with van der Waals surface area (Å²) in [6.45, 7) is 3.86. The van der Waals surface area contributed by atoms with Gasteiger partial charge in [0.25, 0.3) is 0 Å². The SMILES string of the molecule is CNc1nc(N2CCCCC2)nc(N2CCC(OC)C2)n1. The van der Waals surface area contributed by atoms with Crippen molar-refractivity contribution in [2.45, 2.75) is 31.8 Å². The van der Waals surface area contributed by atoms with Crippen molar-refractivity contribution in [3.63, 3.8) is 0 Å². The van der Waals surface area contributed by atoms with E-state index in [4.69, 9.17) is 4.74 Å². The summed E-state index contributed by atoms with van der Waals surface area (Å²) >= 11 is 0. The average molecular weight is 292 g/mol. The first-order valence-corrected chi connectivity index (χ1v) is 7.76. The fourth-order valence-corrected chi connectivity index (χ4v) is 2.94. The molecule has 2 fully saturated rings. The van der Waals surface area contributed by atoms with Crippen molar-refractivity contribution in [1.29, 1.82) is 0 Å². The van der Waals surface area contributed by atoms with E-state index in [0.717, 1.165) is 44.5 Å². The molecule has 7 nitrogen and oxygen atoms in total. The maximum Gasteiger partial charge on any atom is 0.232 e. The first-order valence-electron chi connectivity index (χ1n) is 7.76. The number of aromatic nitrogens is 3. The van der Waals surface area contributed by atoms with Gasteiger partial charge in [-0.15, -0.1) is 0 Å². The van der Waals surface area contributed by atoms with E-state index < -0.39 is 0 Å². The standard InChI is InChI=1S/C14H24N6O/c1-15-12-16-13(19-7-4-3-5-8-19)18-14(17-12)20-9-6-11(10-20)21-2/h11H,3-10H2,1-2H3,(H,15,16,17,18). The smallest absolute Gasteiger partial charge is 0.232 e. The number of piperidine rings is 1. The normalized spacial score (nSPS) is 22.7. The van der Waals surface area contributed by atoms with Gasteiger partial charge in [0, 0.05) is 40.3 Å². The van der Waals surface area contributed by atoms with Crippen LogP contribution in [0.15, 0.2) is 0 Å².